The summed E-state index contributed by atoms with van der Waals surface area (Å²) < 4.78 is 15.0. The zero-order valence-electron chi connectivity index (χ0n) is 12.6. The number of imidazole rings is 1. The molecule has 0 N–H and O–H groups in total. The predicted octanol–water partition coefficient (Wildman–Crippen LogP) is 4.00. The third-order valence-electron chi connectivity index (χ3n) is 3.83. The average molecular weight is 305 g/mol. The van der Waals surface area contributed by atoms with Crippen LogP contribution in [0.4, 0.5) is 4.39 Å². The maximum absolute atomic E-state index is 13.0. The third-order valence-corrected chi connectivity index (χ3v) is 3.83. The monoisotopic (exact) mass is 305 g/mol. The lowest BCUT2D eigenvalue weighted by Crippen LogP contribution is -2.03. The Balaban J connectivity index is 1.83. The number of benzene rings is 2. The largest absolute Gasteiger partial charge is 0.330 e. The van der Waals surface area contributed by atoms with E-state index in [1.54, 1.807) is 18.5 Å². The van der Waals surface area contributed by atoms with Crippen molar-refractivity contribution in [2.45, 2.75) is 19.4 Å². The van der Waals surface area contributed by atoms with E-state index in [1.807, 2.05) is 30.5 Å². The second-order valence-electron chi connectivity index (χ2n) is 5.34. The first-order valence-electron chi connectivity index (χ1n) is 7.48. The highest BCUT2D eigenvalue weighted by atomic mass is 19.1. The van der Waals surface area contributed by atoms with Crippen LogP contribution < -0.4 is 0 Å². The van der Waals surface area contributed by atoms with Crippen LogP contribution in [-0.2, 0) is 19.4 Å². The average Bonchev–Trinajstić information content (AvgIpc) is 3.03. The molecule has 23 heavy (non-hydrogen) atoms. The van der Waals surface area contributed by atoms with Crippen molar-refractivity contribution < 1.29 is 4.39 Å². The van der Waals surface area contributed by atoms with Gasteiger partial charge in [0, 0.05) is 12.1 Å². The number of rotatable bonds is 5. The molecular weight excluding hydrogens is 289 g/mol. The van der Waals surface area contributed by atoms with E-state index < -0.39 is 0 Å². The molecule has 3 aromatic rings. The van der Waals surface area contributed by atoms with Crippen LogP contribution in [0.1, 0.15) is 11.1 Å². The molecule has 0 aliphatic rings. The van der Waals surface area contributed by atoms with Crippen molar-refractivity contribution in [1.82, 2.24) is 9.55 Å². The van der Waals surface area contributed by atoms with Gasteiger partial charge in [-0.3, -0.25) is 0 Å². The maximum atomic E-state index is 13.0. The molecule has 3 rings (SSSR count). The summed E-state index contributed by atoms with van der Waals surface area (Å²) in [5.74, 6) is -0.220. The van der Waals surface area contributed by atoms with Gasteiger partial charge in [0.25, 0.3) is 0 Å². The second-order valence-corrected chi connectivity index (χ2v) is 5.34. The molecule has 1 heterocycles. The Bertz CT molecular complexity index is 828. The smallest absolute Gasteiger partial charge is 0.123 e. The van der Waals surface area contributed by atoms with Gasteiger partial charge in [0.05, 0.1) is 30.7 Å². The topological polar surface area (TPSA) is 41.6 Å². The Hall–Kier alpha value is -2.93. The van der Waals surface area contributed by atoms with Gasteiger partial charge in [-0.2, -0.15) is 5.26 Å². The van der Waals surface area contributed by atoms with E-state index in [2.05, 4.69) is 15.6 Å². The van der Waals surface area contributed by atoms with Crippen molar-refractivity contribution >= 4 is 0 Å². The van der Waals surface area contributed by atoms with Gasteiger partial charge in [-0.25, -0.2) is 9.37 Å². The van der Waals surface area contributed by atoms with Gasteiger partial charge >= 0.3 is 0 Å². The Labute approximate surface area is 134 Å². The summed E-state index contributed by atoms with van der Waals surface area (Å²) in [4.78, 5) is 4.25. The molecule has 0 amide bonds. The fourth-order valence-corrected chi connectivity index (χ4v) is 2.63. The summed E-state index contributed by atoms with van der Waals surface area (Å²) in [6.07, 6.45) is 4.78. The highest BCUT2D eigenvalue weighted by molar-refractivity contribution is 5.64. The van der Waals surface area contributed by atoms with E-state index in [0.29, 0.717) is 6.42 Å². The van der Waals surface area contributed by atoms with Gasteiger partial charge in [-0.1, -0.05) is 36.4 Å². The van der Waals surface area contributed by atoms with Crippen LogP contribution >= 0.6 is 0 Å². The zero-order chi connectivity index (χ0) is 16.1. The van der Waals surface area contributed by atoms with Crippen LogP contribution in [0.3, 0.4) is 0 Å². The fraction of sp³-hybridized carbons (Fsp3) is 0.158. The van der Waals surface area contributed by atoms with E-state index in [1.165, 1.54) is 12.1 Å². The second kappa shape index (κ2) is 6.89. The molecule has 0 bridgehead atoms. The van der Waals surface area contributed by atoms with Gasteiger partial charge in [-0.15, -0.1) is 0 Å². The van der Waals surface area contributed by atoms with E-state index in [4.69, 9.17) is 5.26 Å². The minimum Gasteiger partial charge on any atom is -0.330 e. The highest BCUT2D eigenvalue weighted by Gasteiger charge is 2.09. The zero-order valence-corrected chi connectivity index (χ0v) is 12.6. The van der Waals surface area contributed by atoms with Crippen LogP contribution in [0.2, 0.25) is 0 Å². The fourth-order valence-electron chi connectivity index (χ4n) is 2.63. The first kappa shape index (κ1) is 15.0. The summed E-state index contributed by atoms with van der Waals surface area (Å²) in [5.41, 5.74) is 4.11. The van der Waals surface area contributed by atoms with Crippen LogP contribution in [0.15, 0.2) is 61.1 Å². The van der Waals surface area contributed by atoms with Gasteiger partial charge in [-0.05, 0) is 29.7 Å². The number of nitrogens with zero attached hydrogens (tertiary/aromatic N) is 3. The molecule has 3 nitrogen and oxygen atoms in total. The molecule has 0 saturated carbocycles. The van der Waals surface area contributed by atoms with Crippen LogP contribution in [0.25, 0.3) is 11.3 Å². The first-order valence-corrected chi connectivity index (χ1v) is 7.48. The molecule has 1 aromatic heterocycles. The van der Waals surface area contributed by atoms with Crippen molar-refractivity contribution in [3.8, 4) is 17.3 Å². The lowest BCUT2D eigenvalue weighted by molar-refractivity contribution is 0.625. The van der Waals surface area contributed by atoms with Crippen LogP contribution in [-0.4, -0.2) is 9.55 Å². The number of nitriles is 1. The molecule has 0 aliphatic heterocycles. The Kier molecular flexibility index (Phi) is 4.49. The van der Waals surface area contributed by atoms with Gasteiger partial charge in [0.15, 0.2) is 0 Å². The molecule has 2 aromatic carbocycles. The summed E-state index contributed by atoms with van der Waals surface area (Å²) in [6, 6.07) is 16.6. The molecule has 0 spiro atoms. The number of hydrogen-bond acceptors (Lipinski definition) is 2. The van der Waals surface area contributed by atoms with E-state index in [0.717, 1.165) is 35.3 Å². The summed E-state index contributed by atoms with van der Waals surface area (Å²) in [6.45, 7) is 0.752. The first-order chi connectivity index (χ1) is 11.3. The molecule has 0 saturated heterocycles. The maximum Gasteiger partial charge on any atom is 0.123 e. The molecule has 114 valence electrons. The molecular formula is C19H16FN3. The summed E-state index contributed by atoms with van der Waals surface area (Å²) in [5, 5.41) is 8.98. The van der Waals surface area contributed by atoms with E-state index in [-0.39, 0.29) is 5.82 Å². The third kappa shape index (κ3) is 3.46. The van der Waals surface area contributed by atoms with Crippen LogP contribution in [0.5, 0.6) is 0 Å². The van der Waals surface area contributed by atoms with Gasteiger partial charge in [0.1, 0.15) is 5.82 Å². The SMILES string of the molecule is N#CCc1ccccc1-c1cncn1CCc1ccc(F)cc1. The number of hydrogen-bond donors (Lipinski definition) is 0. The highest BCUT2D eigenvalue weighted by Crippen LogP contribution is 2.24. The minimum absolute atomic E-state index is 0.220. The number of halogens is 1. The van der Waals surface area contributed by atoms with Crippen molar-refractivity contribution in [2.24, 2.45) is 0 Å². The van der Waals surface area contributed by atoms with E-state index >= 15 is 0 Å². The lowest BCUT2D eigenvalue weighted by atomic mass is 10.0. The minimum atomic E-state index is -0.220. The number of aromatic nitrogens is 2. The molecule has 4 heteroatoms. The van der Waals surface area contributed by atoms with Gasteiger partial charge in [0.2, 0.25) is 0 Å². The number of aryl methyl sites for hydroxylation is 2. The van der Waals surface area contributed by atoms with Gasteiger partial charge < -0.3 is 4.57 Å². The molecule has 0 fully saturated rings. The molecule has 0 atom stereocenters. The van der Waals surface area contributed by atoms with Crippen molar-refractivity contribution in [2.75, 3.05) is 0 Å². The predicted molar refractivity (Wildman–Crippen MR) is 87.1 cm³/mol. The molecule has 0 aliphatic carbocycles. The Morgan fingerprint density at radius 2 is 1.87 bits per heavy atom. The lowest BCUT2D eigenvalue weighted by Gasteiger charge is -2.11. The summed E-state index contributed by atoms with van der Waals surface area (Å²) >= 11 is 0. The standard InChI is InChI=1S/C19H16FN3/c20-17-7-5-15(6-8-17)10-12-23-14-22-13-19(23)18-4-2-1-3-16(18)9-11-21/h1-8,13-14H,9-10,12H2. The van der Waals surface area contributed by atoms with Crippen molar-refractivity contribution in [1.29, 1.82) is 5.26 Å². The van der Waals surface area contributed by atoms with Crippen molar-refractivity contribution in [3.05, 3.63) is 78.0 Å². The van der Waals surface area contributed by atoms with Crippen LogP contribution in [0, 0.1) is 17.1 Å². The normalized spacial score (nSPS) is 10.4. The Morgan fingerprint density at radius 1 is 1.09 bits per heavy atom. The Morgan fingerprint density at radius 3 is 2.65 bits per heavy atom. The quantitative estimate of drug-likeness (QED) is 0.715. The van der Waals surface area contributed by atoms with E-state index in [9.17, 15) is 4.39 Å². The van der Waals surface area contributed by atoms with Crippen molar-refractivity contribution in [3.63, 3.8) is 0 Å². The molecule has 0 unspecified atom stereocenters. The molecule has 0 radical (unpaired) electrons. The summed E-state index contributed by atoms with van der Waals surface area (Å²) in [7, 11) is 0.